The quantitative estimate of drug-likeness (QED) is 0.526. The molecular weight excluding hydrogens is 179 g/mol. The molecule has 0 spiro atoms. The van der Waals surface area contributed by atoms with Crippen molar-refractivity contribution in [3.8, 4) is 0 Å². The SMILES string of the molecule is C[B]C1CCCCCCCC(C)CCC1. The molecule has 0 bridgehead atoms. The first-order valence-electron chi connectivity index (χ1n) is 7.12. The van der Waals surface area contributed by atoms with Gasteiger partial charge in [0.05, 0.1) is 0 Å². The van der Waals surface area contributed by atoms with Crippen LogP contribution >= 0.6 is 0 Å². The van der Waals surface area contributed by atoms with E-state index in [2.05, 4.69) is 21.0 Å². The van der Waals surface area contributed by atoms with E-state index >= 15 is 0 Å². The molecule has 1 rings (SSSR count). The fourth-order valence-electron chi connectivity index (χ4n) is 2.78. The first-order valence-corrected chi connectivity index (χ1v) is 7.12. The molecule has 0 aromatic rings. The summed E-state index contributed by atoms with van der Waals surface area (Å²) in [5, 5.41) is 0. The Balaban J connectivity index is 2.26. The van der Waals surface area contributed by atoms with Gasteiger partial charge >= 0.3 is 0 Å². The predicted octanol–water partition coefficient (Wildman–Crippen LogP) is 5.08. The van der Waals surface area contributed by atoms with E-state index in [0.717, 1.165) is 11.7 Å². The average Bonchev–Trinajstić information content (AvgIpc) is 2.23. The van der Waals surface area contributed by atoms with E-state index in [9.17, 15) is 0 Å². The van der Waals surface area contributed by atoms with Crippen LogP contribution in [0.25, 0.3) is 0 Å². The van der Waals surface area contributed by atoms with Gasteiger partial charge < -0.3 is 0 Å². The molecule has 0 N–H and O–H groups in total. The normalized spacial score (nSPS) is 31.3. The van der Waals surface area contributed by atoms with Crippen LogP contribution in [0.2, 0.25) is 12.6 Å². The summed E-state index contributed by atoms with van der Waals surface area (Å²) in [6, 6.07) is 0. The van der Waals surface area contributed by atoms with Crippen molar-refractivity contribution in [3.05, 3.63) is 0 Å². The fraction of sp³-hybridized carbons (Fsp3) is 1.00. The lowest BCUT2D eigenvalue weighted by Crippen LogP contribution is -2.03. The molecule has 0 aromatic carbocycles. The Morgan fingerprint density at radius 1 is 0.733 bits per heavy atom. The summed E-state index contributed by atoms with van der Waals surface area (Å²) in [4.78, 5) is 0. The maximum absolute atomic E-state index is 2.44. The van der Waals surface area contributed by atoms with Gasteiger partial charge in [0, 0.05) is 0 Å². The van der Waals surface area contributed by atoms with Crippen molar-refractivity contribution >= 4 is 7.28 Å². The van der Waals surface area contributed by atoms with E-state index in [4.69, 9.17) is 0 Å². The van der Waals surface area contributed by atoms with Crippen LogP contribution in [0.3, 0.4) is 0 Å². The van der Waals surface area contributed by atoms with E-state index in [1.165, 1.54) is 64.2 Å². The van der Waals surface area contributed by atoms with Gasteiger partial charge in [-0.25, -0.2) is 0 Å². The van der Waals surface area contributed by atoms with Crippen molar-refractivity contribution in [2.24, 2.45) is 5.92 Å². The van der Waals surface area contributed by atoms with Gasteiger partial charge in [0.1, 0.15) is 7.28 Å². The highest BCUT2D eigenvalue weighted by Gasteiger charge is 2.09. The van der Waals surface area contributed by atoms with Gasteiger partial charge in [-0.15, -0.1) is 0 Å². The fourth-order valence-corrected chi connectivity index (χ4v) is 2.78. The summed E-state index contributed by atoms with van der Waals surface area (Å²) in [5.41, 5.74) is 0. The minimum absolute atomic E-state index is 0.914. The van der Waals surface area contributed by atoms with Crippen LogP contribution in [0.15, 0.2) is 0 Å². The largest absolute Gasteiger partial charge is 0.110 e. The van der Waals surface area contributed by atoms with Crippen LogP contribution in [0, 0.1) is 5.92 Å². The van der Waals surface area contributed by atoms with Crippen LogP contribution in [-0.4, -0.2) is 7.28 Å². The highest BCUT2D eigenvalue weighted by Crippen LogP contribution is 2.26. The van der Waals surface area contributed by atoms with Crippen LogP contribution in [0.4, 0.5) is 0 Å². The molecule has 1 saturated carbocycles. The number of rotatable bonds is 1. The standard InChI is InChI=1S/C14H28B/c1-13-9-6-4-3-5-7-11-14(15-2)12-8-10-13/h13-14H,3-12H2,1-2H3. The molecule has 1 aliphatic rings. The Morgan fingerprint density at radius 3 is 2.00 bits per heavy atom. The third-order valence-electron chi connectivity index (χ3n) is 4.02. The minimum atomic E-state index is 0.914. The molecule has 87 valence electrons. The second kappa shape index (κ2) is 8.24. The molecule has 2 unspecified atom stereocenters. The molecule has 0 saturated heterocycles. The molecule has 0 nitrogen and oxygen atoms in total. The second-order valence-electron chi connectivity index (χ2n) is 5.47. The molecular formula is C14H28B. The molecule has 15 heavy (non-hydrogen) atoms. The predicted molar refractivity (Wildman–Crippen MR) is 70.7 cm³/mol. The smallest absolute Gasteiger partial charge is 0.0917 e. The van der Waals surface area contributed by atoms with Crippen LogP contribution in [0.5, 0.6) is 0 Å². The Kier molecular flexibility index (Phi) is 7.22. The highest BCUT2D eigenvalue weighted by molar-refractivity contribution is 6.35. The summed E-state index contributed by atoms with van der Waals surface area (Å²) in [6.45, 7) is 4.69. The second-order valence-corrected chi connectivity index (χ2v) is 5.47. The zero-order valence-electron chi connectivity index (χ0n) is 10.8. The summed E-state index contributed by atoms with van der Waals surface area (Å²) >= 11 is 0. The molecule has 1 heteroatoms. The first kappa shape index (κ1) is 13.1. The molecule has 1 radical (unpaired) electrons. The van der Waals surface area contributed by atoms with Crippen molar-refractivity contribution in [3.63, 3.8) is 0 Å². The van der Waals surface area contributed by atoms with E-state index in [0.29, 0.717) is 0 Å². The van der Waals surface area contributed by atoms with Crippen molar-refractivity contribution < 1.29 is 0 Å². The van der Waals surface area contributed by atoms with Gasteiger partial charge in [-0.3, -0.25) is 0 Å². The third-order valence-corrected chi connectivity index (χ3v) is 4.02. The molecule has 0 amide bonds. The summed E-state index contributed by atoms with van der Waals surface area (Å²) in [5.74, 6) is 1.89. The zero-order chi connectivity index (χ0) is 10.9. The van der Waals surface area contributed by atoms with E-state index in [-0.39, 0.29) is 0 Å². The summed E-state index contributed by atoms with van der Waals surface area (Å²) in [6.07, 6.45) is 14.6. The first-order chi connectivity index (χ1) is 7.33. The zero-order valence-corrected chi connectivity index (χ0v) is 10.8. The van der Waals surface area contributed by atoms with Crippen LogP contribution < -0.4 is 0 Å². The third kappa shape index (κ3) is 6.27. The van der Waals surface area contributed by atoms with E-state index in [1.807, 2.05) is 0 Å². The highest BCUT2D eigenvalue weighted by atomic mass is 14.1. The van der Waals surface area contributed by atoms with Gasteiger partial charge in [-0.1, -0.05) is 83.8 Å². The Bertz CT molecular complexity index is 144. The molecule has 0 aromatic heterocycles. The van der Waals surface area contributed by atoms with Gasteiger partial charge in [0.25, 0.3) is 0 Å². The van der Waals surface area contributed by atoms with Crippen LogP contribution in [0.1, 0.15) is 71.1 Å². The molecule has 1 aliphatic carbocycles. The van der Waals surface area contributed by atoms with Crippen molar-refractivity contribution in [2.75, 3.05) is 0 Å². The lowest BCUT2D eigenvalue weighted by molar-refractivity contribution is 0.420. The van der Waals surface area contributed by atoms with Gasteiger partial charge in [-0.05, 0) is 5.92 Å². The van der Waals surface area contributed by atoms with Crippen molar-refractivity contribution in [2.45, 2.75) is 83.8 Å². The monoisotopic (exact) mass is 207 g/mol. The molecule has 1 fully saturated rings. The Morgan fingerprint density at radius 2 is 1.27 bits per heavy atom. The van der Waals surface area contributed by atoms with Crippen LogP contribution in [-0.2, 0) is 0 Å². The van der Waals surface area contributed by atoms with Crippen molar-refractivity contribution in [1.82, 2.24) is 0 Å². The topological polar surface area (TPSA) is 0 Å². The summed E-state index contributed by atoms with van der Waals surface area (Å²) in [7, 11) is 2.44. The lowest BCUT2D eigenvalue weighted by Gasteiger charge is -2.17. The molecule has 0 heterocycles. The lowest BCUT2D eigenvalue weighted by atomic mass is 9.62. The summed E-state index contributed by atoms with van der Waals surface area (Å²) < 4.78 is 0. The number of hydrogen-bond donors (Lipinski definition) is 0. The minimum Gasteiger partial charge on any atom is -0.0917 e. The Labute approximate surface area is 97.5 Å². The Hall–Kier alpha value is 0.0649. The maximum Gasteiger partial charge on any atom is 0.110 e. The van der Waals surface area contributed by atoms with Gasteiger partial charge in [0.15, 0.2) is 0 Å². The molecule has 2 atom stereocenters. The van der Waals surface area contributed by atoms with Gasteiger partial charge in [0.2, 0.25) is 0 Å². The van der Waals surface area contributed by atoms with Gasteiger partial charge in [-0.2, -0.15) is 0 Å². The van der Waals surface area contributed by atoms with E-state index < -0.39 is 0 Å². The average molecular weight is 207 g/mol. The maximum atomic E-state index is 2.44. The van der Waals surface area contributed by atoms with Crippen molar-refractivity contribution in [1.29, 1.82) is 0 Å². The molecule has 0 aliphatic heterocycles. The van der Waals surface area contributed by atoms with E-state index in [1.54, 1.807) is 0 Å². The number of hydrogen-bond acceptors (Lipinski definition) is 0.